The third-order valence-electron chi connectivity index (χ3n) is 6.91. The third kappa shape index (κ3) is 7.64. The summed E-state index contributed by atoms with van der Waals surface area (Å²) >= 11 is 0. The second-order valence-electron chi connectivity index (χ2n) is 10.8. The highest BCUT2D eigenvalue weighted by Gasteiger charge is 2.71. The summed E-state index contributed by atoms with van der Waals surface area (Å²) in [6, 6.07) is 10.5. The first-order valence-electron chi connectivity index (χ1n) is 12.5. The van der Waals surface area contributed by atoms with Crippen LogP contribution in [0.2, 0.25) is 0 Å². The maximum atomic E-state index is 13.2. The van der Waals surface area contributed by atoms with Crippen LogP contribution in [-0.2, 0) is 18.4 Å². The lowest BCUT2D eigenvalue weighted by Gasteiger charge is -2.38. The Labute approximate surface area is 222 Å². The normalized spacial score (nSPS) is 16.6. The van der Waals surface area contributed by atoms with Crippen LogP contribution in [0.1, 0.15) is 43.4 Å². The van der Waals surface area contributed by atoms with Gasteiger partial charge >= 0.3 is 18.4 Å². The van der Waals surface area contributed by atoms with Crippen LogP contribution in [0.3, 0.4) is 0 Å². The Morgan fingerprint density at radius 2 is 1.31 bits per heavy atom. The molecule has 216 valence electrons. The number of carbonyl (C=O) groups excluding carboxylic acids is 1. The highest BCUT2D eigenvalue weighted by molar-refractivity contribution is 5.89. The van der Waals surface area contributed by atoms with E-state index >= 15 is 0 Å². The minimum atomic E-state index is -5.93. The van der Waals surface area contributed by atoms with Crippen molar-refractivity contribution in [2.75, 3.05) is 25.0 Å². The van der Waals surface area contributed by atoms with Crippen molar-refractivity contribution in [2.24, 2.45) is 5.41 Å². The Morgan fingerprint density at radius 1 is 0.846 bits per heavy atom. The number of nitrogens with one attached hydrogen (secondary N) is 3. The van der Waals surface area contributed by atoms with Crippen molar-refractivity contribution >= 4 is 11.7 Å². The molecule has 3 rings (SSSR count). The minimum absolute atomic E-state index is 0.0696. The molecule has 1 fully saturated rings. The molecule has 1 aliphatic rings. The van der Waals surface area contributed by atoms with E-state index in [2.05, 4.69) is 16.0 Å². The largest absolute Gasteiger partial charge is 0.430 e. The van der Waals surface area contributed by atoms with E-state index in [1.54, 1.807) is 26.0 Å². The molecule has 1 saturated heterocycles. The summed E-state index contributed by atoms with van der Waals surface area (Å²) in [5.74, 6) is 0. The molecule has 0 bridgehead atoms. The Balaban J connectivity index is 1.74. The van der Waals surface area contributed by atoms with Crippen molar-refractivity contribution in [3.8, 4) is 0 Å². The van der Waals surface area contributed by atoms with Gasteiger partial charge < -0.3 is 26.2 Å². The van der Waals surface area contributed by atoms with Crippen LogP contribution in [0.4, 0.5) is 36.8 Å². The molecule has 0 unspecified atom stereocenters. The summed E-state index contributed by atoms with van der Waals surface area (Å²) in [6.07, 6.45) is -9.35. The Hall–Kier alpha value is -2.83. The van der Waals surface area contributed by atoms with Gasteiger partial charge in [-0.15, -0.1) is 0 Å². The molecule has 0 spiro atoms. The molecule has 0 aromatic heterocycles. The molecule has 39 heavy (non-hydrogen) atoms. The van der Waals surface area contributed by atoms with Gasteiger partial charge in [0.2, 0.25) is 0 Å². The summed E-state index contributed by atoms with van der Waals surface area (Å²) in [7, 11) is 0. The Bertz CT molecular complexity index is 1090. The molecule has 0 radical (unpaired) electrons. The van der Waals surface area contributed by atoms with Crippen LogP contribution in [0.25, 0.3) is 0 Å². The molecule has 0 saturated carbocycles. The number of anilines is 1. The second-order valence-corrected chi connectivity index (χ2v) is 10.8. The van der Waals surface area contributed by atoms with Crippen LogP contribution in [0.5, 0.6) is 0 Å². The van der Waals surface area contributed by atoms with Crippen molar-refractivity contribution < 1.29 is 41.4 Å². The van der Waals surface area contributed by atoms with Gasteiger partial charge in [-0.2, -0.15) is 26.3 Å². The summed E-state index contributed by atoms with van der Waals surface area (Å²) in [5, 5.41) is 27.9. The molecule has 0 aliphatic carbocycles. The topological polar surface area (TPSA) is 93.6 Å². The molecule has 1 heterocycles. The first-order chi connectivity index (χ1) is 17.9. The third-order valence-corrected chi connectivity index (χ3v) is 6.91. The van der Waals surface area contributed by atoms with Gasteiger partial charge in [0.25, 0.3) is 5.60 Å². The second kappa shape index (κ2) is 11.3. The van der Waals surface area contributed by atoms with Gasteiger partial charge in [-0.3, -0.25) is 0 Å². The number of hydrogen-bond acceptors (Lipinski definition) is 4. The number of urea groups is 1. The smallest absolute Gasteiger partial charge is 0.389 e. The lowest BCUT2D eigenvalue weighted by atomic mass is 9.70. The number of amides is 2. The zero-order valence-corrected chi connectivity index (χ0v) is 21.6. The molecular formula is C27H33F6N3O3. The number of aliphatic hydroxyl groups is 2. The Morgan fingerprint density at radius 3 is 1.74 bits per heavy atom. The summed E-state index contributed by atoms with van der Waals surface area (Å²) in [4.78, 5) is 12.0. The predicted octanol–water partition coefficient (Wildman–Crippen LogP) is 5.05. The van der Waals surface area contributed by atoms with Crippen LogP contribution >= 0.6 is 0 Å². The highest BCUT2D eigenvalue weighted by atomic mass is 19.4. The quantitative estimate of drug-likeness (QED) is 0.292. The van der Waals surface area contributed by atoms with Crippen LogP contribution < -0.4 is 16.0 Å². The number of rotatable bonds is 8. The molecule has 1 aliphatic heterocycles. The van der Waals surface area contributed by atoms with E-state index in [4.69, 9.17) is 0 Å². The van der Waals surface area contributed by atoms with Crippen molar-refractivity contribution in [1.82, 2.24) is 10.6 Å². The molecule has 6 nitrogen and oxygen atoms in total. The standard InChI is InChI=1S/C27H33F6N3O3/c1-23(2,38)17-35-22(37)36-21-9-5-19(6-10-21)16-24(11-13-34-14-12-24)15-18-3-7-20(8-4-18)25(39,26(28,29)30)27(31,32)33/h3-10,34,38-39H,11-17H2,1-2H3,(H2,35,36,37). The van der Waals surface area contributed by atoms with Crippen LogP contribution in [0, 0.1) is 5.41 Å². The fraction of sp³-hybridized carbons (Fsp3) is 0.519. The molecular weight excluding hydrogens is 528 g/mol. The maximum absolute atomic E-state index is 13.2. The van der Waals surface area contributed by atoms with Gasteiger partial charge in [0.15, 0.2) is 0 Å². The lowest BCUT2D eigenvalue weighted by Crippen LogP contribution is -2.53. The number of halogens is 6. The highest BCUT2D eigenvalue weighted by Crippen LogP contribution is 2.50. The van der Waals surface area contributed by atoms with Crippen molar-refractivity contribution in [1.29, 1.82) is 0 Å². The van der Waals surface area contributed by atoms with Crippen LogP contribution in [-0.4, -0.2) is 53.8 Å². The number of piperidine rings is 1. The van der Waals surface area contributed by atoms with Crippen LogP contribution in [0.15, 0.2) is 48.5 Å². The van der Waals surface area contributed by atoms with Gasteiger partial charge in [0.05, 0.1) is 5.60 Å². The molecule has 2 aromatic carbocycles. The average Bonchev–Trinajstić information content (AvgIpc) is 2.83. The fourth-order valence-electron chi connectivity index (χ4n) is 4.77. The number of alkyl halides is 6. The van der Waals surface area contributed by atoms with Crippen molar-refractivity contribution in [2.45, 2.75) is 63.1 Å². The fourth-order valence-corrected chi connectivity index (χ4v) is 4.77. The zero-order chi connectivity index (χ0) is 29.1. The first kappa shape index (κ1) is 30.7. The maximum Gasteiger partial charge on any atom is 0.430 e. The Kier molecular flexibility index (Phi) is 8.93. The number of hydrogen-bond donors (Lipinski definition) is 5. The summed E-state index contributed by atoms with van der Waals surface area (Å²) in [6.45, 7) is 4.62. The van der Waals surface area contributed by atoms with Gasteiger partial charge in [-0.1, -0.05) is 36.4 Å². The molecule has 0 atom stereocenters. The lowest BCUT2D eigenvalue weighted by molar-refractivity contribution is -0.376. The van der Waals surface area contributed by atoms with Crippen molar-refractivity contribution in [3.63, 3.8) is 0 Å². The number of benzene rings is 2. The van der Waals surface area contributed by atoms with E-state index in [1.165, 1.54) is 12.1 Å². The summed E-state index contributed by atoms with van der Waals surface area (Å²) < 4.78 is 79.4. The van der Waals surface area contributed by atoms with Crippen molar-refractivity contribution in [3.05, 3.63) is 65.2 Å². The summed E-state index contributed by atoms with van der Waals surface area (Å²) in [5.41, 5.74) is -5.51. The van der Waals surface area contributed by atoms with E-state index in [0.29, 0.717) is 49.3 Å². The van der Waals surface area contributed by atoms with Gasteiger partial charge in [0, 0.05) is 17.8 Å². The number of carbonyl (C=O) groups is 1. The SMILES string of the molecule is CC(C)(O)CNC(=O)Nc1ccc(CC2(Cc3ccc(C(O)(C(F)(F)F)C(F)(F)F)cc3)CCNCC2)cc1. The van der Waals surface area contributed by atoms with E-state index < -0.39 is 35.1 Å². The average molecular weight is 562 g/mol. The monoisotopic (exact) mass is 561 g/mol. The first-order valence-corrected chi connectivity index (χ1v) is 12.5. The minimum Gasteiger partial charge on any atom is -0.389 e. The zero-order valence-electron chi connectivity index (χ0n) is 21.6. The van der Waals surface area contributed by atoms with Gasteiger partial charge in [-0.05, 0) is 81.3 Å². The van der Waals surface area contributed by atoms with E-state index in [0.717, 1.165) is 18.4 Å². The van der Waals surface area contributed by atoms with E-state index in [1.807, 2.05) is 12.1 Å². The van der Waals surface area contributed by atoms with E-state index in [9.17, 15) is 41.4 Å². The molecule has 2 aromatic rings. The molecule has 2 amide bonds. The van der Waals surface area contributed by atoms with Gasteiger partial charge in [0.1, 0.15) is 0 Å². The predicted molar refractivity (Wildman–Crippen MR) is 134 cm³/mol. The molecule has 12 heteroatoms. The van der Waals surface area contributed by atoms with Gasteiger partial charge in [-0.25, -0.2) is 4.79 Å². The molecule has 5 N–H and O–H groups in total. The van der Waals surface area contributed by atoms with E-state index in [-0.39, 0.29) is 12.0 Å².